The van der Waals surface area contributed by atoms with Gasteiger partial charge in [-0.15, -0.1) is 0 Å². The molecule has 0 radical (unpaired) electrons. The molecule has 0 atom stereocenters. The molecule has 6 heteroatoms. The van der Waals surface area contributed by atoms with E-state index in [9.17, 15) is 0 Å². The molecule has 0 saturated carbocycles. The van der Waals surface area contributed by atoms with Crippen LogP contribution in [-0.4, -0.2) is 23.7 Å². The van der Waals surface area contributed by atoms with Gasteiger partial charge in [-0.05, 0) is 66.7 Å². The first-order valence-electron chi connectivity index (χ1n) is 18.9. The van der Waals surface area contributed by atoms with Crippen molar-refractivity contribution in [2.75, 3.05) is 0 Å². The Balaban J connectivity index is 1.34. The molecular formula is C50H29N5O. The van der Waals surface area contributed by atoms with E-state index in [0.717, 1.165) is 78.0 Å². The molecule has 0 fully saturated rings. The van der Waals surface area contributed by atoms with Gasteiger partial charge in [-0.2, -0.15) is 0 Å². The lowest BCUT2D eigenvalue weighted by Gasteiger charge is -2.21. The monoisotopic (exact) mass is 715 g/mol. The molecule has 260 valence electrons. The van der Waals surface area contributed by atoms with Crippen LogP contribution in [0.1, 0.15) is 0 Å². The summed E-state index contributed by atoms with van der Waals surface area (Å²) in [5.74, 6) is 2.18. The summed E-state index contributed by atoms with van der Waals surface area (Å²) >= 11 is 0. The number of fused-ring (bicyclic) bond motifs is 14. The molecule has 0 bridgehead atoms. The van der Waals surface area contributed by atoms with Gasteiger partial charge in [0.1, 0.15) is 11.5 Å². The summed E-state index contributed by atoms with van der Waals surface area (Å²) in [4.78, 5) is 10.9. The lowest BCUT2D eigenvalue weighted by Crippen LogP contribution is -2.07. The molecule has 4 aromatic heterocycles. The summed E-state index contributed by atoms with van der Waals surface area (Å²) in [6.45, 7) is 0. The third kappa shape index (κ3) is 3.79. The second kappa shape index (κ2) is 10.9. The normalized spacial score (nSPS) is 12.4. The van der Waals surface area contributed by atoms with Crippen molar-refractivity contribution in [3.05, 3.63) is 176 Å². The number of hydrogen-bond acceptors (Lipinski definition) is 3. The number of ether oxygens (including phenoxy) is 1. The second-order valence-electron chi connectivity index (χ2n) is 14.5. The molecule has 1 aliphatic rings. The van der Waals surface area contributed by atoms with Crippen molar-refractivity contribution in [2.24, 2.45) is 0 Å². The van der Waals surface area contributed by atoms with Gasteiger partial charge < -0.3 is 13.9 Å². The van der Waals surface area contributed by atoms with Crippen molar-refractivity contribution in [1.29, 1.82) is 0 Å². The van der Waals surface area contributed by atoms with E-state index in [1.165, 1.54) is 32.4 Å². The van der Waals surface area contributed by atoms with Gasteiger partial charge in [-0.25, -0.2) is 9.97 Å². The predicted octanol–water partition coefficient (Wildman–Crippen LogP) is 12.7. The van der Waals surface area contributed by atoms with Crippen LogP contribution in [0.4, 0.5) is 0 Å². The van der Waals surface area contributed by atoms with Crippen LogP contribution in [0.3, 0.4) is 0 Å². The maximum Gasteiger partial charge on any atom is 0.235 e. The fourth-order valence-corrected chi connectivity index (χ4v) is 9.44. The lowest BCUT2D eigenvalue weighted by molar-refractivity contribution is 0.486. The molecule has 56 heavy (non-hydrogen) atoms. The van der Waals surface area contributed by atoms with E-state index < -0.39 is 0 Å². The molecule has 8 aromatic carbocycles. The summed E-state index contributed by atoms with van der Waals surface area (Å²) in [5.41, 5.74) is 11.5. The van der Waals surface area contributed by atoms with Gasteiger partial charge in [0, 0.05) is 49.3 Å². The van der Waals surface area contributed by atoms with E-state index >= 15 is 0 Å². The van der Waals surface area contributed by atoms with Crippen molar-refractivity contribution in [3.63, 3.8) is 0 Å². The number of hydrogen-bond donors (Lipinski definition) is 0. The maximum atomic E-state index is 6.41. The van der Waals surface area contributed by atoms with E-state index in [-0.39, 0.29) is 0 Å². The molecule has 0 saturated heterocycles. The third-order valence-corrected chi connectivity index (χ3v) is 11.6. The summed E-state index contributed by atoms with van der Waals surface area (Å²) < 4.78 is 13.6. The Labute approximate surface area is 319 Å². The fraction of sp³-hybridized carbons (Fsp3) is 0. The van der Waals surface area contributed by atoms with Crippen molar-refractivity contribution in [2.45, 2.75) is 0 Å². The van der Waals surface area contributed by atoms with Gasteiger partial charge in [-0.1, -0.05) is 109 Å². The molecular weight excluding hydrogens is 687 g/mol. The first-order chi connectivity index (χ1) is 27.8. The minimum absolute atomic E-state index is 0.616. The second-order valence-corrected chi connectivity index (χ2v) is 14.5. The average Bonchev–Trinajstić information content (AvgIpc) is 3.90. The molecule has 1 aliphatic heterocycles. The highest BCUT2D eigenvalue weighted by Crippen LogP contribution is 2.51. The molecule has 0 unspecified atom stereocenters. The SMILES string of the molecule is c1ccc(-n2c3ccccc3c3c4c5ccccc5n(-c5nc6c7c(cccc7n5)Oc5ccccc5-6)c4c4c(c5ccccc5n4-c4ccccc4)c32)cc1. The van der Waals surface area contributed by atoms with Gasteiger partial charge >= 0.3 is 0 Å². The minimum atomic E-state index is 0.616. The standard InChI is InChI=1S/C50H29N5O/c1-3-16-30(17-4-1)53-37-25-11-7-20-32(37)42-43-33-21-8-13-27-39(33)55(50-51-36-24-15-29-41-45(36)46(52-50)35-23-10-14-28-40(35)56-41)48(43)49-44(47(42)53)34-22-9-12-26-38(34)54(49)31-18-5-2-6-19-31/h1-29H. The molecule has 5 heterocycles. The van der Waals surface area contributed by atoms with Crippen molar-refractivity contribution in [3.8, 4) is 40.1 Å². The molecule has 0 aliphatic carbocycles. The average molecular weight is 716 g/mol. The van der Waals surface area contributed by atoms with E-state index in [4.69, 9.17) is 14.7 Å². The summed E-state index contributed by atoms with van der Waals surface area (Å²) in [6.07, 6.45) is 0. The number of rotatable bonds is 3. The van der Waals surface area contributed by atoms with E-state index in [1.54, 1.807) is 0 Å². The highest BCUT2D eigenvalue weighted by Gasteiger charge is 2.30. The number of aromatic nitrogens is 5. The molecule has 0 N–H and O–H groups in total. The van der Waals surface area contributed by atoms with Crippen molar-refractivity contribution in [1.82, 2.24) is 23.7 Å². The number of nitrogens with zero attached hydrogens (tertiary/aromatic N) is 5. The molecule has 0 spiro atoms. The fourth-order valence-electron chi connectivity index (χ4n) is 9.44. The first-order valence-corrected chi connectivity index (χ1v) is 18.9. The van der Waals surface area contributed by atoms with Crippen LogP contribution in [0.2, 0.25) is 0 Å². The van der Waals surface area contributed by atoms with E-state index in [1.807, 2.05) is 30.3 Å². The van der Waals surface area contributed by atoms with Gasteiger partial charge in [0.05, 0.1) is 49.7 Å². The quantitative estimate of drug-likeness (QED) is 0.183. The third-order valence-electron chi connectivity index (χ3n) is 11.6. The van der Waals surface area contributed by atoms with Crippen LogP contribution in [0.5, 0.6) is 11.5 Å². The Morgan fingerprint density at radius 3 is 1.54 bits per heavy atom. The molecule has 0 amide bonds. The summed E-state index contributed by atoms with van der Waals surface area (Å²) in [7, 11) is 0. The zero-order valence-electron chi connectivity index (χ0n) is 29.9. The van der Waals surface area contributed by atoms with Crippen LogP contribution in [-0.2, 0) is 0 Å². The van der Waals surface area contributed by atoms with Crippen molar-refractivity contribution < 1.29 is 4.74 Å². The van der Waals surface area contributed by atoms with Crippen LogP contribution in [0.25, 0.3) is 105 Å². The van der Waals surface area contributed by atoms with Crippen molar-refractivity contribution >= 4 is 76.3 Å². The lowest BCUT2D eigenvalue weighted by atomic mass is 10.0. The van der Waals surface area contributed by atoms with E-state index in [0.29, 0.717) is 5.95 Å². The van der Waals surface area contributed by atoms with Gasteiger partial charge in [0.2, 0.25) is 5.95 Å². The molecule has 6 nitrogen and oxygen atoms in total. The zero-order chi connectivity index (χ0) is 36.5. The van der Waals surface area contributed by atoms with Gasteiger partial charge in [0.25, 0.3) is 0 Å². The van der Waals surface area contributed by atoms with Crippen LogP contribution < -0.4 is 4.74 Å². The van der Waals surface area contributed by atoms with Gasteiger partial charge in [0.15, 0.2) is 0 Å². The van der Waals surface area contributed by atoms with Crippen LogP contribution in [0.15, 0.2) is 176 Å². The largest absolute Gasteiger partial charge is 0.456 e. The molecule has 12 aromatic rings. The smallest absolute Gasteiger partial charge is 0.235 e. The van der Waals surface area contributed by atoms with Crippen LogP contribution in [0, 0.1) is 0 Å². The Morgan fingerprint density at radius 2 is 0.857 bits per heavy atom. The van der Waals surface area contributed by atoms with Gasteiger partial charge in [-0.3, -0.25) is 4.57 Å². The topological polar surface area (TPSA) is 49.8 Å². The summed E-state index contributed by atoms with van der Waals surface area (Å²) in [5, 5.41) is 8.00. The maximum absolute atomic E-state index is 6.41. The van der Waals surface area contributed by atoms with E-state index in [2.05, 4.69) is 159 Å². The Kier molecular flexibility index (Phi) is 5.80. The highest BCUT2D eigenvalue weighted by atomic mass is 16.5. The predicted molar refractivity (Wildman–Crippen MR) is 228 cm³/mol. The molecule has 13 rings (SSSR count). The Bertz CT molecular complexity index is 3610. The minimum Gasteiger partial charge on any atom is -0.456 e. The number of para-hydroxylation sites is 6. The first kappa shape index (κ1) is 29.7. The number of benzene rings is 8. The highest BCUT2D eigenvalue weighted by molar-refractivity contribution is 6.40. The Morgan fingerprint density at radius 1 is 0.357 bits per heavy atom. The zero-order valence-corrected chi connectivity index (χ0v) is 29.9. The van der Waals surface area contributed by atoms with Crippen LogP contribution >= 0.6 is 0 Å². The Hall–Kier alpha value is -7.70. The summed E-state index contributed by atoms with van der Waals surface area (Å²) in [6, 6.07) is 62.2.